The van der Waals surface area contributed by atoms with Crippen LogP contribution in [-0.4, -0.2) is 34.4 Å². The maximum Gasteiger partial charge on any atom is 0.302 e. The van der Waals surface area contributed by atoms with Gasteiger partial charge in [0.1, 0.15) is 11.5 Å². The number of ketones is 1. The Morgan fingerprint density at radius 2 is 1.80 bits per heavy atom. The minimum Gasteiger partial charge on any atom is -0.617 e. The molecule has 0 spiro atoms. The number of rotatable bonds is 4. The normalized spacial score (nSPS) is 11.4. The Balaban J connectivity index is 0. The fourth-order valence-corrected chi connectivity index (χ4v) is 1.19. The van der Waals surface area contributed by atoms with E-state index < -0.39 is 11.2 Å². The molecule has 0 heterocycles. The van der Waals surface area contributed by atoms with E-state index in [0.29, 0.717) is 12.2 Å². The molecule has 0 bridgehead atoms. The number of hydrogen-bond acceptors (Lipinski definition) is 4. The summed E-state index contributed by atoms with van der Waals surface area (Å²) in [5.74, 6) is 0.408. The Bertz CT molecular complexity index is 190. The van der Waals surface area contributed by atoms with Gasteiger partial charge in [0.15, 0.2) is 0 Å². The number of Topliss-reactive ketones (excluding diaryl/α,β-unsaturated/α-hetero) is 1. The zero-order valence-electron chi connectivity index (χ0n) is 10.0. The van der Waals surface area contributed by atoms with Crippen LogP contribution in [0.2, 0.25) is 0 Å². The average molecular weight is 236 g/mol. The van der Waals surface area contributed by atoms with E-state index in [1.807, 2.05) is 13.8 Å². The zero-order chi connectivity index (χ0) is 12.4. The standard InChI is InChI=1S/C5H10O2S.C5H10O2/c1-5(6)3-4-8(2)7;1-4(2)7-5(3)6/h3-4H2,1-2H3;4H,1-3H3. The van der Waals surface area contributed by atoms with Crippen molar-refractivity contribution in [3.63, 3.8) is 0 Å². The fourth-order valence-electron chi connectivity index (χ4n) is 0.619. The molecule has 0 amide bonds. The van der Waals surface area contributed by atoms with E-state index in [4.69, 9.17) is 0 Å². The quantitative estimate of drug-likeness (QED) is 0.545. The van der Waals surface area contributed by atoms with Crippen molar-refractivity contribution in [2.75, 3.05) is 12.0 Å². The van der Waals surface area contributed by atoms with Gasteiger partial charge in [-0.2, -0.15) is 0 Å². The van der Waals surface area contributed by atoms with Crippen molar-refractivity contribution in [3.05, 3.63) is 0 Å². The minimum atomic E-state index is -0.807. The van der Waals surface area contributed by atoms with Crippen LogP contribution >= 0.6 is 0 Å². The molecule has 0 aliphatic rings. The highest BCUT2D eigenvalue weighted by atomic mass is 32.2. The molecule has 0 aromatic heterocycles. The summed E-state index contributed by atoms with van der Waals surface area (Å²) in [6.45, 7) is 6.55. The highest BCUT2D eigenvalue weighted by Gasteiger charge is 1.98. The van der Waals surface area contributed by atoms with Crippen molar-refractivity contribution in [2.45, 2.75) is 40.2 Å². The first-order valence-electron chi connectivity index (χ1n) is 4.72. The van der Waals surface area contributed by atoms with E-state index in [9.17, 15) is 14.1 Å². The second-order valence-corrected chi connectivity index (χ2v) is 4.94. The van der Waals surface area contributed by atoms with Crippen LogP contribution in [0, 0.1) is 0 Å². The summed E-state index contributed by atoms with van der Waals surface area (Å²) in [6, 6.07) is 0. The van der Waals surface area contributed by atoms with Crippen molar-refractivity contribution in [1.29, 1.82) is 0 Å². The molecule has 0 aliphatic carbocycles. The molecular weight excluding hydrogens is 216 g/mol. The molecule has 0 N–H and O–H groups in total. The van der Waals surface area contributed by atoms with Crippen LogP contribution in [0.3, 0.4) is 0 Å². The van der Waals surface area contributed by atoms with E-state index in [2.05, 4.69) is 4.74 Å². The molecule has 5 heteroatoms. The lowest BCUT2D eigenvalue weighted by Crippen LogP contribution is -2.06. The van der Waals surface area contributed by atoms with Gasteiger partial charge in [-0.05, 0) is 20.8 Å². The third-order valence-corrected chi connectivity index (χ3v) is 1.92. The van der Waals surface area contributed by atoms with Gasteiger partial charge in [0.2, 0.25) is 0 Å². The van der Waals surface area contributed by atoms with E-state index >= 15 is 0 Å². The monoisotopic (exact) mass is 236 g/mol. The van der Waals surface area contributed by atoms with Crippen LogP contribution in [0.25, 0.3) is 0 Å². The van der Waals surface area contributed by atoms with Crippen molar-refractivity contribution in [2.24, 2.45) is 0 Å². The molecule has 0 aromatic carbocycles. The summed E-state index contributed by atoms with van der Waals surface area (Å²) in [5.41, 5.74) is 0. The zero-order valence-corrected chi connectivity index (χ0v) is 10.8. The maximum absolute atomic E-state index is 10.3. The van der Waals surface area contributed by atoms with Crippen LogP contribution in [0.1, 0.15) is 34.1 Å². The highest BCUT2D eigenvalue weighted by molar-refractivity contribution is 7.90. The van der Waals surface area contributed by atoms with Gasteiger partial charge in [-0.1, -0.05) is 11.2 Å². The summed E-state index contributed by atoms with van der Waals surface area (Å²) < 4.78 is 14.9. The topological polar surface area (TPSA) is 66.4 Å². The molecule has 1 atom stereocenters. The number of carbonyl (C=O) groups is 2. The Hall–Kier alpha value is -0.550. The molecule has 0 saturated carbocycles. The molecular formula is C10H20O4S. The fraction of sp³-hybridized carbons (Fsp3) is 0.800. The lowest BCUT2D eigenvalue weighted by Gasteiger charge is -2.01. The number of esters is 1. The second-order valence-electron chi connectivity index (χ2n) is 3.39. The Labute approximate surface area is 94.6 Å². The summed E-state index contributed by atoms with van der Waals surface area (Å²) in [4.78, 5) is 20.2. The third kappa shape index (κ3) is 24.7. The van der Waals surface area contributed by atoms with E-state index in [-0.39, 0.29) is 17.9 Å². The summed E-state index contributed by atoms with van der Waals surface area (Å²) in [5, 5.41) is 0. The first kappa shape index (κ1) is 16.9. The lowest BCUT2D eigenvalue weighted by atomic mass is 10.4. The average Bonchev–Trinajstić information content (AvgIpc) is 1.99. The maximum atomic E-state index is 10.3. The molecule has 0 fully saturated rings. The SMILES string of the molecule is CC(=O)CC[S+](C)[O-].CC(=O)OC(C)C. The predicted molar refractivity (Wildman–Crippen MR) is 61.1 cm³/mol. The van der Waals surface area contributed by atoms with Crippen LogP contribution < -0.4 is 0 Å². The van der Waals surface area contributed by atoms with Crippen LogP contribution in [0.15, 0.2) is 0 Å². The van der Waals surface area contributed by atoms with Crippen molar-refractivity contribution in [3.8, 4) is 0 Å². The van der Waals surface area contributed by atoms with Gasteiger partial charge < -0.3 is 9.29 Å². The molecule has 4 nitrogen and oxygen atoms in total. The molecule has 1 unspecified atom stereocenters. The van der Waals surface area contributed by atoms with Gasteiger partial charge in [0.05, 0.1) is 18.8 Å². The van der Waals surface area contributed by atoms with E-state index in [1.165, 1.54) is 13.8 Å². The molecule has 0 aromatic rings. The number of carbonyl (C=O) groups excluding carboxylic acids is 2. The molecule has 90 valence electrons. The molecule has 0 saturated heterocycles. The molecule has 0 radical (unpaired) electrons. The highest BCUT2D eigenvalue weighted by Crippen LogP contribution is 1.88. The smallest absolute Gasteiger partial charge is 0.302 e. The van der Waals surface area contributed by atoms with Gasteiger partial charge in [-0.15, -0.1) is 0 Å². The minimum absolute atomic E-state index is 0.0255. The Morgan fingerprint density at radius 1 is 1.33 bits per heavy atom. The summed E-state index contributed by atoms with van der Waals surface area (Å²) in [7, 11) is 0. The van der Waals surface area contributed by atoms with Gasteiger partial charge in [0.25, 0.3) is 0 Å². The lowest BCUT2D eigenvalue weighted by molar-refractivity contribution is -0.144. The summed E-state index contributed by atoms with van der Waals surface area (Å²) in [6.07, 6.45) is 2.07. The van der Waals surface area contributed by atoms with Crippen LogP contribution in [0.4, 0.5) is 0 Å². The first-order valence-corrected chi connectivity index (χ1v) is 6.45. The van der Waals surface area contributed by atoms with Gasteiger partial charge >= 0.3 is 5.97 Å². The summed E-state index contributed by atoms with van der Waals surface area (Å²) >= 11 is -0.807. The van der Waals surface area contributed by atoms with Crippen molar-refractivity contribution in [1.82, 2.24) is 0 Å². The van der Waals surface area contributed by atoms with Crippen molar-refractivity contribution >= 4 is 22.9 Å². The largest absolute Gasteiger partial charge is 0.617 e. The Kier molecular flexibility index (Phi) is 11.2. The predicted octanol–water partition coefficient (Wildman–Crippen LogP) is 1.30. The third-order valence-electron chi connectivity index (χ3n) is 1.14. The number of ether oxygens (including phenoxy) is 1. The van der Waals surface area contributed by atoms with E-state index in [0.717, 1.165) is 0 Å². The van der Waals surface area contributed by atoms with Gasteiger partial charge in [-0.25, -0.2) is 0 Å². The van der Waals surface area contributed by atoms with Crippen molar-refractivity contribution < 1.29 is 18.9 Å². The van der Waals surface area contributed by atoms with Crippen LogP contribution in [0.5, 0.6) is 0 Å². The molecule has 0 aliphatic heterocycles. The molecule has 0 rings (SSSR count). The van der Waals surface area contributed by atoms with Crippen LogP contribution in [-0.2, 0) is 25.5 Å². The second kappa shape index (κ2) is 9.98. The number of hydrogen-bond donors (Lipinski definition) is 0. The first-order chi connectivity index (χ1) is 6.75. The van der Waals surface area contributed by atoms with Gasteiger partial charge in [0, 0.05) is 6.92 Å². The van der Waals surface area contributed by atoms with E-state index in [1.54, 1.807) is 6.26 Å². The Morgan fingerprint density at radius 3 is 1.87 bits per heavy atom. The van der Waals surface area contributed by atoms with Gasteiger partial charge in [-0.3, -0.25) is 9.59 Å². The molecule has 15 heavy (non-hydrogen) atoms.